The number of carbonyl (C=O) groups is 2. The fourth-order valence-corrected chi connectivity index (χ4v) is 3.76. The molecule has 0 saturated carbocycles. The van der Waals surface area contributed by atoms with Crippen LogP contribution in [0.2, 0.25) is 0 Å². The van der Waals surface area contributed by atoms with Crippen LogP contribution in [0.3, 0.4) is 0 Å². The number of amides is 1. The van der Waals surface area contributed by atoms with Crippen LogP contribution in [0.1, 0.15) is 49.5 Å². The summed E-state index contributed by atoms with van der Waals surface area (Å²) in [6.45, 7) is 8.11. The molecule has 0 bridgehead atoms. The second-order valence-electron chi connectivity index (χ2n) is 9.22. The summed E-state index contributed by atoms with van der Waals surface area (Å²) in [6, 6.07) is 14.8. The fourth-order valence-electron chi connectivity index (χ4n) is 3.76. The second kappa shape index (κ2) is 9.58. The quantitative estimate of drug-likeness (QED) is 0.595. The molecule has 0 spiro atoms. The minimum absolute atomic E-state index is 0.126. The number of carbonyl (C=O) groups excluding carboxylic acids is 2. The predicted octanol–water partition coefficient (Wildman–Crippen LogP) is 3.19. The van der Waals surface area contributed by atoms with E-state index in [4.69, 9.17) is 9.57 Å². The summed E-state index contributed by atoms with van der Waals surface area (Å²) >= 11 is 0. The van der Waals surface area contributed by atoms with Gasteiger partial charge in [0.15, 0.2) is 0 Å². The van der Waals surface area contributed by atoms with Crippen LogP contribution < -0.4 is 10.2 Å². The van der Waals surface area contributed by atoms with Gasteiger partial charge in [-0.15, -0.1) is 5.10 Å². The van der Waals surface area contributed by atoms with Crippen molar-refractivity contribution in [1.29, 1.82) is 0 Å². The normalized spacial score (nSPS) is 15.4. The number of alkyl carbamates (subject to hydrolysis) is 1. The van der Waals surface area contributed by atoms with Gasteiger partial charge in [0, 0.05) is 25.7 Å². The Kier molecular flexibility index (Phi) is 6.60. The minimum Gasteiger partial charge on any atom is -0.444 e. The molecule has 0 radical (unpaired) electrons. The van der Waals surface area contributed by atoms with Gasteiger partial charge in [0.25, 0.3) is 0 Å². The molecule has 1 N–H and O–H groups in total. The highest BCUT2D eigenvalue weighted by Gasteiger charge is 2.23. The maximum Gasteiger partial charge on any atom is 0.407 e. The number of hydrogen-bond donors (Lipinski definition) is 1. The third-order valence-corrected chi connectivity index (χ3v) is 5.40. The first-order valence-electron chi connectivity index (χ1n) is 11.1. The smallest absolute Gasteiger partial charge is 0.407 e. The Morgan fingerprint density at radius 2 is 1.76 bits per heavy atom. The van der Waals surface area contributed by atoms with E-state index in [1.54, 1.807) is 24.3 Å². The van der Waals surface area contributed by atoms with E-state index in [1.807, 2.05) is 45.0 Å². The number of likely N-dealkylation sites (tertiary alicyclic amines) is 1. The van der Waals surface area contributed by atoms with Crippen LogP contribution in [-0.4, -0.2) is 56.9 Å². The van der Waals surface area contributed by atoms with Crippen molar-refractivity contribution < 1.29 is 19.2 Å². The fraction of sp³-hybridized carbons (Fsp3) is 0.417. The van der Waals surface area contributed by atoms with E-state index in [1.165, 1.54) is 0 Å². The highest BCUT2D eigenvalue weighted by Crippen LogP contribution is 2.16. The predicted molar refractivity (Wildman–Crippen MR) is 123 cm³/mol. The lowest BCUT2D eigenvalue weighted by Gasteiger charge is -2.32. The van der Waals surface area contributed by atoms with Gasteiger partial charge in [0.05, 0.1) is 5.56 Å². The van der Waals surface area contributed by atoms with Gasteiger partial charge in [-0.3, -0.25) is 4.90 Å². The Labute approximate surface area is 192 Å². The summed E-state index contributed by atoms with van der Waals surface area (Å²) in [4.78, 5) is 33.3. The van der Waals surface area contributed by atoms with Crippen molar-refractivity contribution in [3.63, 3.8) is 0 Å². The van der Waals surface area contributed by atoms with Crippen molar-refractivity contribution in [3.8, 4) is 0 Å². The molecule has 2 heterocycles. The number of piperidine rings is 1. The summed E-state index contributed by atoms with van der Waals surface area (Å²) in [7, 11) is 0. The van der Waals surface area contributed by atoms with Crippen molar-refractivity contribution in [2.45, 2.75) is 51.8 Å². The second-order valence-corrected chi connectivity index (χ2v) is 9.22. The first kappa shape index (κ1) is 22.7. The Morgan fingerprint density at radius 1 is 1.06 bits per heavy atom. The average Bonchev–Trinajstić information content (AvgIpc) is 3.17. The Hall–Kier alpha value is -3.46. The van der Waals surface area contributed by atoms with Gasteiger partial charge in [0.1, 0.15) is 16.6 Å². The van der Waals surface area contributed by atoms with E-state index in [9.17, 15) is 9.59 Å². The van der Waals surface area contributed by atoms with E-state index in [0.717, 1.165) is 42.9 Å². The van der Waals surface area contributed by atoms with Crippen LogP contribution in [0.5, 0.6) is 0 Å². The molecule has 1 amide bonds. The van der Waals surface area contributed by atoms with Gasteiger partial charge in [-0.2, -0.15) is 0 Å². The van der Waals surface area contributed by atoms with Crippen LogP contribution in [0, 0.1) is 0 Å². The largest absolute Gasteiger partial charge is 0.444 e. The maximum atomic E-state index is 12.5. The molecule has 174 valence electrons. The van der Waals surface area contributed by atoms with Crippen LogP contribution in [0.25, 0.3) is 11.0 Å². The van der Waals surface area contributed by atoms with Gasteiger partial charge in [-0.05, 0) is 68.7 Å². The van der Waals surface area contributed by atoms with Crippen LogP contribution >= 0.6 is 0 Å². The van der Waals surface area contributed by atoms with Crippen molar-refractivity contribution in [1.82, 2.24) is 25.4 Å². The number of nitrogens with one attached hydrogen (secondary N) is 1. The number of aromatic nitrogens is 3. The lowest BCUT2D eigenvalue weighted by molar-refractivity contribution is 0.0407. The van der Waals surface area contributed by atoms with E-state index in [2.05, 4.69) is 20.5 Å². The molecule has 0 unspecified atom stereocenters. The molecule has 2 aromatic carbocycles. The molecule has 0 atom stereocenters. The molecule has 1 fully saturated rings. The monoisotopic (exact) mass is 451 g/mol. The van der Waals surface area contributed by atoms with Crippen molar-refractivity contribution in [2.24, 2.45) is 0 Å². The number of ether oxygens (including phenoxy) is 1. The molecule has 33 heavy (non-hydrogen) atoms. The average molecular weight is 452 g/mol. The molecule has 9 heteroatoms. The highest BCUT2D eigenvalue weighted by atomic mass is 16.7. The lowest BCUT2D eigenvalue weighted by atomic mass is 10.0. The van der Waals surface area contributed by atoms with Crippen LogP contribution in [0.4, 0.5) is 4.79 Å². The van der Waals surface area contributed by atoms with Crippen molar-refractivity contribution >= 4 is 23.1 Å². The summed E-state index contributed by atoms with van der Waals surface area (Å²) in [5.74, 6) is -0.494. The highest BCUT2D eigenvalue weighted by molar-refractivity contribution is 5.90. The van der Waals surface area contributed by atoms with Crippen LogP contribution in [-0.2, 0) is 11.3 Å². The number of nitrogens with zero attached hydrogens (tertiary/aromatic N) is 4. The molecule has 1 aliphatic rings. The summed E-state index contributed by atoms with van der Waals surface area (Å²) < 4.78 is 5.34. The molecule has 4 rings (SSSR count). The molecule has 1 saturated heterocycles. The van der Waals surface area contributed by atoms with Crippen molar-refractivity contribution in [3.05, 3.63) is 59.7 Å². The zero-order valence-corrected chi connectivity index (χ0v) is 19.2. The molecule has 1 aromatic heterocycles. The first-order valence-corrected chi connectivity index (χ1v) is 11.1. The Bertz CT molecular complexity index is 1110. The van der Waals surface area contributed by atoms with Gasteiger partial charge >= 0.3 is 12.1 Å². The van der Waals surface area contributed by atoms with Crippen LogP contribution in [0.15, 0.2) is 48.5 Å². The van der Waals surface area contributed by atoms with Crippen molar-refractivity contribution in [2.75, 3.05) is 13.1 Å². The standard InChI is InChI=1S/C24H29N5O4/c1-24(2,3)32-23(31)25-19-12-14-28(15-13-19)16-17-8-10-18(11-9-17)22(30)33-29-21-7-5-4-6-20(21)26-27-29/h4-11,19H,12-16H2,1-3H3,(H,25,31). The molecule has 0 aliphatic carbocycles. The zero-order valence-electron chi connectivity index (χ0n) is 19.2. The molecule has 9 nitrogen and oxygen atoms in total. The van der Waals surface area contributed by atoms with Gasteiger partial charge < -0.3 is 14.9 Å². The Morgan fingerprint density at radius 3 is 2.45 bits per heavy atom. The molecule has 1 aliphatic heterocycles. The van der Waals surface area contributed by atoms with Gasteiger partial charge in [-0.25, -0.2) is 9.59 Å². The number of benzene rings is 2. The number of hydrogen-bond acceptors (Lipinski definition) is 7. The third-order valence-electron chi connectivity index (χ3n) is 5.40. The summed E-state index contributed by atoms with van der Waals surface area (Å²) in [6.07, 6.45) is 1.38. The maximum absolute atomic E-state index is 12.5. The van der Waals surface area contributed by atoms with E-state index in [0.29, 0.717) is 16.6 Å². The molecular formula is C24H29N5O4. The van der Waals surface area contributed by atoms with Gasteiger partial charge in [-0.1, -0.05) is 29.1 Å². The number of rotatable bonds is 5. The van der Waals surface area contributed by atoms with E-state index >= 15 is 0 Å². The third kappa shape index (κ3) is 6.07. The minimum atomic E-state index is -0.494. The summed E-state index contributed by atoms with van der Waals surface area (Å²) in [5.41, 5.74) is 2.35. The van der Waals surface area contributed by atoms with E-state index < -0.39 is 11.6 Å². The SMILES string of the molecule is CC(C)(C)OC(=O)NC1CCN(Cc2ccc(C(=O)On3nnc4ccccc43)cc2)CC1. The lowest BCUT2D eigenvalue weighted by Crippen LogP contribution is -2.45. The van der Waals surface area contributed by atoms with Gasteiger partial charge in [0.2, 0.25) is 0 Å². The first-order chi connectivity index (χ1) is 15.8. The topological polar surface area (TPSA) is 98.6 Å². The molecular weight excluding hydrogens is 422 g/mol. The zero-order chi connectivity index (χ0) is 23.4. The Balaban J connectivity index is 1.26. The number of fused-ring (bicyclic) bond motifs is 1. The number of para-hydroxylation sites is 1. The summed E-state index contributed by atoms with van der Waals surface area (Å²) in [5, 5.41) is 10.8. The molecule has 3 aromatic rings. The van der Waals surface area contributed by atoms with E-state index in [-0.39, 0.29) is 12.1 Å².